The number of hydrogen-bond acceptors (Lipinski definition) is 4. The topological polar surface area (TPSA) is 73.0 Å². The zero-order valence-corrected chi connectivity index (χ0v) is 13.1. The van der Waals surface area contributed by atoms with Crippen molar-refractivity contribution in [3.05, 3.63) is 64.3 Å². The van der Waals surface area contributed by atoms with Crippen molar-refractivity contribution in [2.75, 3.05) is 5.32 Å². The number of hydrogen-bond donors (Lipinski definition) is 1. The van der Waals surface area contributed by atoms with Crippen LogP contribution in [0.5, 0.6) is 0 Å². The van der Waals surface area contributed by atoms with Crippen LogP contribution < -0.4 is 5.32 Å². The molecule has 0 aliphatic rings. The molecule has 2 heterocycles. The summed E-state index contributed by atoms with van der Waals surface area (Å²) < 4.78 is 33.4. The maximum absolute atomic E-state index is 13.6. The Morgan fingerprint density at radius 1 is 1.42 bits per heavy atom. The van der Waals surface area contributed by atoms with Gasteiger partial charge in [-0.05, 0) is 19.1 Å². The molecule has 0 saturated heterocycles. The summed E-state index contributed by atoms with van der Waals surface area (Å²) in [4.78, 5) is 12.3. The number of halogens is 3. The number of benzene rings is 1. The molecule has 6 nitrogen and oxygen atoms in total. The Kier molecular flexibility index (Phi) is 4.30. The van der Waals surface area contributed by atoms with Crippen molar-refractivity contribution in [1.82, 2.24) is 14.9 Å². The van der Waals surface area contributed by atoms with Crippen LogP contribution >= 0.6 is 11.6 Å². The highest BCUT2D eigenvalue weighted by atomic mass is 35.5. The molecule has 0 aliphatic heterocycles. The van der Waals surface area contributed by atoms with E-state index in [2.05, 4.69) is 15.6 Å². The van der Waals surface area contributed by atoms with Crippen LogP contribution in [-0.2, 0) is 6.54 Å². The highest BCUT2D eigenvalue weighted by Gasteiger charge is 2.21. The SMILES string of the molecule is Cc1onc(C(=O)Nc2cc(F)ccc2F)c1Cn1cc(Cl)cn1. The van der Waals surface area contributed by atoms with Crippen molar-refractivity contribution in [3.8, 4) is 0 Å². The Morgan fingerprint density at radius 3 is 2.92 bits per heavy atom. The largest absolute Gasteiger partial charge is 0.361 e. The minimum atomic E-state index is -0.759. The maximum Gasteiger partial charge on any atom is 0.278 e. The zero-order chi connectivity index (χ0) is 17.3. The van der Waals surface area contributed by atoms with Gasteiger partial charge in [0, 0.05) is 17.8 Å². The molecule has 0 unspecified atom stereocenters. The quantitative estimate of drug-likeness (QED) is 0.781. The summed E-state index contributed by atoms with van der Waals surface area (Å²) in [7, 11) is 0. The van der Waals surface area contributed by atoms with E-state index in [4.69, 9.17) is 16.1 Å². The van der Waals surface area contributed by atoms with Gasteiger partial charge in [-0.15, -0.1) is 0 Å². The summed E-state index contributed by atoms with van der Waals surface area (Å²) in [6, 6.07) is 2.76. The van der Waals surface area contributed by atoms with Crippen LogP contribution in [0.25, 0.3) is 0 Å². The number of amides is 1. The van der Waals surface area contributed by atoms with E-state index < -0.39 is 17.5 Å². The number of carbonyl (C=O) groups is 1. The molecule has 0 saturated carbocycles. The predicted octanol–water partition coefficient (Wildman–Crippen LogP) is 3.41. The van der Waals surface area contributed by atoms with Gasteiger partial charge in [0.1, 0.15) is 17.4 Å². The van der Waals surface area contributed by atoms with Gasteiger partial charge in [0.2, 0.25) is 0 Å². The molecule has 9 heteroatoms. The molecule has 0 bridgehead atoms. The van der Waals surface area contributed by atoms with Crippen molar-refractivity contribution < 1.29 is 18.1 Å². The van der Waals surface area contributed by atoms with E-state index in [9.17, 15) is 13.6 Å². The van der Waals surface area contributed by atoms with E-state index in [1.807, 2.05) is 0 Å². The first-order valence-electron chi connectivity index (χ1n) is 6.83. The van der Waals surface area contributed by atoms with E-state index >= 15 is 0 Å². The van der Waals surface area contributed by atoms with Gasteiger partial charge in [-0.3, -0.25) is 9.48 Å². The fourth-order valence-corrected chi connectivity index (χ4v) is 2.27. The fourth-order valence-electron chi connectivity index (χ4n) is 2.12. The highest BCUT2D eigenvalue weighted by Crippen LogP contribution is 2.20. The minimum Gasteiger partial charge on any atom is -0.361 e. The summed E-state index contributed by atoms with van der Waals surface area (Å²) in [6.07, 6.45) is 3.02. The van der Waals surface area contributed by atoms with Gasteiger partial charge in [-0.25, -0.2) is 8.78 Å². The molecule has 1 amide bonds. The fraction of sp³-hybridized carbons (Fsp3) is 0.133. The molecule has 0 fully saturated rings. The molecular weight excluding hydrogens is 342 g/mol. The van der Waals surface area contributed by atoms with Crippen LogP contribution in [0.4, 0.5) is 14.5 Å². The third-order valence-corrected chi connectivity index (χ3v) is 3.49. The van der Waals surface area contributed by atoms with Gasteiger partial charge in [-0.2, -0.15) is 5.10 Å². The molecule has 0 spiro atoms. The van der Waals surface area contributed by atoms with Gasteiger partial charge in [0.25, 0.3) is 5.91 Å². The van der Waals surface area contributed by atoms with Gasteiger partial charge in [-0.1, -0.05) is 16.8 Å². The molecule has 3 aromatic rings. The van der Waals surface area contributed by atoms with Gasteiger partial charge in [0.05, 0.1) is 23.5 Å². The molecule has 0 aliphatic carbocycles. The zero-order valence-electron chi connectivity index (χ0n) is 12.4. The Labute approximate surface area is 140 Å². The lowest BCUT2D eigenvalue weighted by atomic mass is 10.1. The van der Waals surface area contributed by atoms with Crippen molar-refractivity contribution in [1.29, 1.82) is 0 Å². The summed E-state index contributed by atoms with van der Waals surface area (Å²) in [5, 5.41) is 10.4. The second kappa shape index (κ2) is 6.40. The van der Waals surface area contributed by atoms with Crippen LogP contribution in [0, 0.1) is 18.6 Å². The van der Waals surface area contributed by atoms with Crippen LogP contribution in [-0.4, -0.2) is 20.8 Å². The molecule has 124 valence electrons. The lowest BCUT2D eigenvalue weighted by molar-refractivity contribution is 0.101. The second-order valence-corrected chi connectivity index (χ2v) is 5.44. The van der Waals surface area contributed by atoms with Crippen LogP contribution in [0.3, 0.4) is 0 Å². The van der Waals surface area contributed by atoms with Crippen molar-refractivity contribution in [2.24, 2.45) is 0 Å². The first kappa shape index (κ1) is 16.1. The summed E-state index contributed by atoms with van der Waals surface area (Å²) in [5.74, 6) is -1.74. The first-order valence-corrected chi connectivity index (χ1v) is 7.21. The standard InChI is InChI=1S/C15H11ClF2N4O2/c1-8-11(7-22-6-9(16)5-19-22)14(21-24-8)15(23)20-13-4-10(17)2-3-12(13)18/h2-6H,7H2,1H3,(H,20,23). The van der Waals surface area contributed by atoms with Crippen LogP contribution in [0.2, 0.25) is 5.02 Å². The van der Waals surface area contributed by atoms with E-state index in [-0.39, 0.29) is 17.9 Å². The Morgan fingerprint density at radius 2 is 2.21 bits per heavy atom. The number of nitrogens with zero attached hydrogens (tertiary/aromatic N) is 3. The molecule has 1 N–H and O–H groups in total. The summed E-state index contributed by atoms with van der Waals surface area (Å²) in [5.41, 5.74) is 0.139. The monoisotopic (exact) mass is 352 g/mol. The minimum absolute atomic E-state index is 0.0391. The van der Waals surface area contributed by atoms with E-state index in [0.29, 0.717) is 16.3 Å². The molecule has 0 atom stereocenters. The smallest absolute Gasteiger partial charge is 0.278 e. The Hall–Kier alpha value is -2.74. The summed E-state index contributed by atoms with van der Waals surface area (Å²) >= 11 is 5.80. The molecule has 2 aromatic heterocycles. The molecule has 3 rings (SSSR count). The van der Waals surface area contributed by atoms with Crippen LogP contribution in [0.15, 0.2) is 35.1 Å². The van der Waals surface area contributed by atoms with Gasteiger partial charge >= 0.3 is 0 Å². The number of anilines is 1. The maximum atomic E-state index is 13.6. The average Bonchev–Trinajstić information content (AvgIpc) is 3.10. The number of carbonyl (C=O) groups excluding carboxylic acids is 1. The number of aromatic nitrogens is 3. The molecular formula is C15H11ClF2N4O2. The van der Waals surface area contributed by atoms with E-state index in [0.717, 1.165) is 18.2 Å². The second-order valence-electron chi connectivity index (χ2n) is 5.00. The Balaban J connectivity index is 1.86. The lowest BCUT2D eigenvalue weighted by Crippen LogP contribution is -2.17. The van der Waals surface area contributed by atoms with E-state index in [1.165, 1.54) is 10.9 Å². The van der Waals surface area contributed by atoms with Crippen molar-refractivity contribution in [2.45, 2.75) is 13.5 Å². The lowest BCUT2D eigenvalue weighted by Gasteiger charge is -2.06. The first-order chi connectivity index (χ1) is 11.4. The third-order valence-electron chi connectivity index (χ3n) is 3.30. The summed E-state index contributed by atoms with van der Waals surface area (Å²) in [6.45, 7) is 1.82. The van der Waals surface area contributed by atoms with Gasteiger partial charge < -0.3 is 9.84 Å². The van der Waals surface area contributed by atoms with E-state index in [1.54, 1.807) is 13.1 Å². The molecule has 1 aromatic carbocycles. The molecule has 24 heavy (non-hydrogen) atoms. The van der Waals surface area contributed by atoms with Crippen molar-refractivity contribution >= 4 is 23.2 Å². The van der Waals surface area contributed by atoms with Crippen LogP contribution in [0.1, 0.15) is 21.8 Å². The average molecular weight is 353 g/mol. The Bertz CT molecular complexity index is 907. The predicted molar refractivity (Wildman–Crippen MR) is 81.9 cm³/mol. The van der Waals surface area contributed by atoms with Crippen molar-refractivity contribution in [3.63, 3.8) is 0 Å². The normalized spacial score (nSPS) is 10.8. The molecule has 0 radical (unpaired) electrons. The third kappa shape index (κ3) is 3.28. The number of rotatable bonds is 4. The highest BCUT2D eigenvalue weighted by molar-refractivity contribution is 6.30. The number of aryl methyl sites for hydroxylation is 1. The van der Waals surface area contributed by atoms with Gasteiger partial charge in [0.15, 0.2) is 5.69 Å². The number of nitrogens with one attached hydrogen (secondary N) is 1.